The van der Waals surface area contributed by atoms with Gasteiger partial charge in [0.15, 0.2) is 0 Å². The topological polar surface area (TPSA) is 78.9 Å². The normalized spacial score (nSPS) is 18.6. The zero-order valence-corrected chi connectivity index (χ0v) is 10.9. The van der Waals surface area contributed by atoms with E-state index in [2.05, 4.69) is 5.32 Å². The number of nitrogens with zero attached hydrogens (tertiary/aromatic N) is 1. The number of likely N-dealkylation sites (N-methyl/N-ethyl adjacent to an activating group) is 1. The number of nitrogens with one attached hydrogen (secondary N) is 1. The van der Waals surface area contributed by atoms with Gasteiger partial charge in [-0.2, -0.15) is 0 Å². The number of hydrogen-bond donors (Lipinski definition) is 2. The van der Waals surface area contributed by atoms with E-state index in [9.17, 15) is 9.59 Å². The van der Waals surface area contributed by atoms with Crippen LogP contribution in [0.4, 0.5) is 4.79 Å². The van der Waals surface area contributed by atoms with Crippen LogP contribution < -0.4 is 5.32 Å². The number of carbonyl (C=O) groups excluding carboxylic acids is 1. The van der Waals surface area contributed by atoms with Crippen LogP contribution >= 0.6 is 0 Å². The molecule has 0 spiro atoms. The van der Waals surface area contributed by atoms with Crippen molar-refractivity contribution >= 4 is 12.0 Å². The molecule has 18 heavy (non-hydrogen) atoms. The van der Waals surface area contributed by atoms with E-state index in [0.29, 0.717) is 19.6 Å². The van der Waals surface area contributed by atoms with Crippen LogP contribution in [0.2, 0.25) is 0 Å². The van der Waals surface area contributed by atoms with E-state index >= 15 is 0 Å². The van der Waals surface area contributed by atoms with Crippen LogP contribution in [0.5, 0.6) is 0 Å². The molecule has 1 aliphatic rings. The fraction of sp³-hybridized carbons (Fsp3) is 0.833. The van der Waals surface area contributed by atoms with E-state index in [1.807, 2.05) is 0 Å². The predicted octanol–water partition coefficient (Wildman–Crippen LogP) is 1.06. The van der Waals surface area contributed by atoms with Gasteiger partial charge >= 0.3 is 12.0 Å². The van der Waals surface area contributed by atoms with Crippen LogP contribution in [0, 0.1) is 0 Å². The number of ether oxygens (including phenoxy) is 1. The second kappa shape index (κ2) is 7.92. The summed E-state index contributed by atoms with van der Waals surface area (Å²) in [5.41, 5.74) is 0. The molecule has 1 unspecified atom stereocenters. The third-order valence-electron chi connectivity index (χ3n) is 3.12. The van der Waals surface area contributed by atoms with E-state index in [4.69, 9.17) is 9.84 Å². The molecule has 6 heteroatoms. The lowest BCUT2D eigenvalue weighted by molar-refractivity contribution is -0.137. The predicted molar refractivity (Wildman–Crippen MR) is 66.5 cm³/mol. The first-order valence-electron chi connectivity index (χ1n) is 6.41. The Morgan fingerprint density at radius 3 is 2.78 bits per heavy atom. The zero-order chi connectivity index (χ0) is 13.4. The summed E-state index contributed by atoms with van der Waals surface area (Å²) < 4.78 is 5.23. The standard InChI is InChI=1S/C12H22N2O4/c1-14(10-6-8-18-9-10)12(17)13-7-4-2-3-5-11(15)16/h10H,2-9H2,1H3,(H,13,17)(H,15,16). The lowest BCUT2D eigenvalue weighted by atomic mass is 10.2. The zero-order valence-electron chi connectivity index (χ0n) is 10.9. The highest BCUT2D eigenvalue weighted by Crippen LogP contribution is 2.10. The molecule has 1 heterocycles. The molecule has 0 aromatic rings. The van der Waals surface area contributed by atoms with Crippen LogP contribution in [0.1, 0.15) is 32.1 Å². The maximum absolute atomic E-state index is 11.7. The second-order valence-electron chi connectivity index (χ2n) is 4.56. The first-order valence-corrected chi connectivity index (χ1v) is 6.41. The molecule has 1 fully saturated rings. The Kier molecular flexibility index (Phi) is 6.49. The SMILES string of the molecule is CN(C(=O)NCCCCCC(=O)O)C1CCOC1. The molecule has 0 radical (unpaired) electrons. The first kappa shape index (κ1) is 14.8. The number of carboxylic acids is 1. The second-order valence-corrected chi connectivity index (χ2v) is 4.56. The molecule has 1 rings (SSSR count). The molecule has 0 aromatic carbocycles. The molecule has 0 bridgehead atoms. The highest BCUT2D eigenvalue weighted by Gasteiger charge is 2.23. The van der Waals surface area contributed by atoms with Gasteiger partial charge in [-0.15, -0.1) is 0 Å². The van der Waals surface area contributed by atoms with Crippen molar-refractivity contribution in [3.63, 3.8) is 0 Å². The summed E-state index contributed by atoms with van der Waals surface area (Å²) in [5.74, 6) is -0.764. The van der Waals surface area contributed by atoms with Gasteiger partial charge in [-0.05, 0) is 19.3 Å². The third kappa shape index (κ3) is 5.35. The van der Waals surface area contributed by atoms with Gasteiger partial charge in [-0.25, -0.2) is 4.79 Å². The van der Waals surface area contributed by atoms with Crippen LogP contribution in [0.25, 0.3) is 0 Å². The van der Waals surface area contributed by atoms with E-state index in [1.54, 1.807) is 11.9 Å². The Labute approximate surface area is 107 Å². The van der Waals surface area contributed by atoms with Gasteiger partial charge in [0.1, 0.15) is 0 Å². The highest BCUT2D eigenvalue weighted by atomic mass is 16.5. The fourth-order valence-corrected chi connectivity index (χ4v) is 1.89. The molecule has 2 N–H and O–H groups in total. The molecule has 0 saturated carbocycles. The molecule has 0 aromatic heterocycles. The monoisotopic (exact) mass is 258 g/mol. The molecule has 104 valence electrons. The highest BCUT2D eigenvalue weighted by molar-refractivity contribution is 5.74. The Bertz CT molecular complexity index is 277. The quantitative estimate of drug-likeness (QED) is 0.669. The Balaban J connectivity index is 2.04. The van der Waals surface area contributed by atoms with Crippen LogP contribution in [-0.4, -0.2) is 54.9 Å². The lowest BCUT2D eigenvalue weighted by Crippen LogP contribution is -2.44. The number of rotatable bonds is 7. The van der Waals surface area contributed by atoms with Gasteiger partial charge in [-0.1, -0.05) is 6.42 Å². The van der Waals surface area contributed by atoms with Crippen molar-refractivity contribution < 1.29 is 19.4 Å². The summed E-state index contributed by atoms with van der Waals surface area (Å²) >= 11 is 0. The average Bonchev–Trinajstić information content (AvgIpc) is 2.85. The van der Waals surface area contributed by atoms with Crippen molar-refractivity contribution in [1.29, 1.82) is 0 Å². The van der Waals surface area contributed by atoms with Crippen LogP contribution in [-0.2, 0) is 9.53 Å². The van der Waals surface area contributed by atoms with Gasteiger partial charge in [0.05, 0.1) is 12.6 Å². The van der Waals surface area contributed by atoms with Crippen LogP contribution in [0.3, 0.4) is 0 Å². The third-order valence-corrected chi connectivity index (χ3v) is 3.12. The Morgan fingerprint density at radius 1 is 1.39 bits per heavy atom. The maximum atomic E-state index is 11.7. The van der Waals surface area contributed by atoms with E-state index < -0.39 is 5.97 Å². The number of urea groups is 1. The van der Waals surface area contributed by atoms with E-state index in [0.717, 1.165) is 25.9 Å². The van der Waals surface area contributed by atoms with E-state index in [-0.39, 0.29) is 18.5 Å². The molecule has 1 atom stereocenters. The Morgan fingerprint density at radius 2 is 2.17 bits per heavy atom. The molecule has 1 aliphatic heterocycles. The fourth-order valence-electron chi connectivity index (χ4n) is 1.89. The summed E-state index contributed by atoms with van der Waals surface area (Å²) in [4.78, 5) is 23.7. The first-order chi connectivity index (χ1) is 8.61. The molecule has 1 saturated heterocycles. The minimum absolute atomic E-state index is 0.0799. The van der Waals surface area contributed by atoms with E-state index in [1.165, 1.54) is 0 Å². The molecule has 2 amide bonds. The van der Waals surface area contributed by atoms with Gasteiger partial charge < -0.3 is 20.1 Å². The van der Waals surface area contributed by atoms with Crippen molar-refractivity contribution in [1.82, 2.24) is 10.2 Å². The van der Waals surface area contributed by atoms with Crippen molar-refractivity contribution in [2.45, 2.75) is 38.1 Å². The van der Waals surface area contributed by atoms with Crippen molar-refractivity contribution in [3.05, 3.63) is 0 Å². The maximum Gasteiger partial charge on any atom is 0.317 e. The van der Waals surface area contributed by atoms with Crippen molar-refractivity contribution in [3.8, 4) is 0 Å². The molecular weight excluding hydrogens is 236 g/mol. The lowest BCUT2D eigenvalue weighted by Gasteiger charge is -2.23. The van der Waals surface area contributed by atoms with Gasteiger partial charge in [0.2, 0.25) is 0 Å². The average molecular weight is 258 g/mol. The number of aliphatic carboxylic acids is 1. The Hall–Kier alpha value is -1.30. The van der Waals surface area contributed by atoms with Crippen molar-refractivity contribution in [2.24, 2.45) is 0 Å². The smallest absolute Gasteiger partial charge is 0.317 e. The summed E-state index contributed by atoms with van der Waals surface area (Å²) in [6.45, 7) is 1.93. The molecular formula is C12H22N2O4. The number of amides is 2. The largest absolute Gasteiger partial charge is 0.481 e. The van der Waals surface area contributed by atoms with Gasteiger partial charge in [0, 0.05) is 26.6 Å². The van der Waals surface area contributed by atoms with Gasteiger partial charge in [-0.3, -0.25) is 4.79 Å². The summed E-state index contributed by atoms with van der Waals surface area (Å²) in [6, 6.07) is 0.0979. The minimum atomic E-state index is -0.764. The van der Waals surface area contributed by atoms with Crippen LogP contribution in [0.15, 0.2) is 0 Å². The molecule has 0 aliphatic carbocycles. The number of hydrogen-bond acceptors (Lipinski definition) is 3. The number of carbonyl (C=O) groups is 2. The molecule has 6 nitrogen and oxygen atoms in total. The van der Waals surface area contributed by atoms with Crippen molar-refractivity contribution in [2.75, 3.05) is 26.8 Å². The summed E-state index contributed by atoms with van der Waals surface area (Å²) in [7, 11) is 1.78. The number of carboxylic acid groups (broad SMARTS) is 1. The summed E-state index contributed by atoms with van der Waals surface area (Å²) in [5, 5.41) is 11.3. The number of unbranched alkanes of at least 4 members (excludes halogenated alkanes) is 2. The minimum Gasteiger partial charge on any atom is -0.481 e. The van der Waals surface area contributed by atoms with Gasteiger partial charge in [0.25, 0.3) is 0 Å². The summed E-state index contributed by atoms with van der Waals surface area (Å²) in [6.07, 6.45) is 3.39.